The molecule has 0 saturated heterocycles. The molecule has 3 N–H and O–H groups in total. The van der Waals surface area contributed by atoms with Crippen molar-refractivity contribution in [2.75, 3.05) is 14.2 Å². The van der Waals surface area contributed by atoms with E-state index in [1.54, 1.807) is 20.9 Å². The third-order valence-electron chi connectivity index (χ3n) is 4.85. The Kier molecular flexibility index (Phi) is 26.4. The second-order valence-corrected chi connectivity index (χ2v) is 7.64. The molecule has 0 aliphatic rings. The van der Waals surface area contributed by atoms with Gasteiger partial charge in [-0.3, -0.25) is 24.0 Å². The van der Waals surface area contributed by atoms with Crippen LogP contribution in [0.4, 0.5) is 0 Å². The van der Waals surface area contributed by atoms with Gasteiger partial charge in [0.15, 0.2) is 0 Å². The number of rotatable bonds is 17. The summed E-state index contributed by atoms with van der Waals surface area (Å²) in [6.45, 7) is 6.66. The number of carbonyl (C=O) groups excluding carboxylic acids is 6. The van der Waals surface area contributed by atoms with Gasteiger partial charge in [-0.15, -0.1) is 0 Å². The Morgan fingerprint density at radius 3 is 1.46 bits per heavy atom. The molecule has 3 unspecified atom stereocenters. The topological polar surface area (TPSA) is 148 Å². The number of ether oxygens (including phenoxy) is 1. The summed E-state index contributed by atoms with van der Waals surface area (Å²) >= 11 is 0. The van der Waals surface area contributed by atoms with E-state index in [1.807, 2.05) is 0 Å². The van der Waals surface area contributed by atoms with Crippen LogP contribution >= 0.6 is 0 Å². The van der Waals surface area contributed by atoms with Gasteiger partial charge in [0.25, 0.3) is 0 Å². The molecule has 0 heterocycles. The Labute approximate surface area is 235 Å². The minimum atomic E-state index is -0.761. The van der Waals surface area contributed by atoms with Crippen molar-refractivity contribution in [3.63, 3.8) is 0 Å². The minimum Gasteiger partial charge on any atom is -0.469 e. The molecule has 0 saturated carbocycles. The molecular formula is C24H44N3O7Y-. The summed E-state index contributed by atoms with van der Waals surface area (Å²) in [5, 5.41) is 8.17. The smallest absolute Gasteiger partial charge is 0.307 e. The Bertz CT molecular complexity index is 686. The number of hydrogen-bond acceptors (Lipinski definition) is 8. The van der Waals surface area contributed by atoms with E-state index in [-0.39, 0.29) is 110 Å². The minimum absolute atomic E-state index is 0. The fourth-order valence-corrected chi connectivity index (χ4v) is 3.04. The molecule has 0 aromatic carbocycles. The summed E-state index contributed by atoms with van der Waals surface area (Å²) in [5.74, 6) is -2.04. The van der Waals surface area contributed by atoms with Crippen LogP contribution in [0.3, 0.4) is 0 Å². The van der Waals surface area contributed by atoms with E-state index < -0.39 is 41.7 Å². The fourth-order valence-electron chi connectivity index (χ4n) is 3.04. The first-order chi connectivity index (χ1) is 15.0. The number of esters is 1. The molecule has 0 aliphatic heterocycles. The van der Waals surface area contributed by atoms with Crippen molar-refractivity contribution in [2.45, 2.75) is 98.2 Å². The number of Topliss-reactive ketones (excluding diaryl/α,β-unsaturated/α-hetero) is 3. The average Bonchev–Trinajstić information content (AvgIpc) is 2.71. The SMILES string of the molecule is C.C.[CH2-]C(=O)CC(CC(=O)CC)NC(=O)CC(CC(=O)CC)NC(=O)CC(CC(=O)OC)NC.[Y]. The maximum absolute atomic E-state index is 12.5. The predicted octanol–water partition coefficient (Wildman–Crippen LogP) is 1.69. The van der Waals surface area contributed by atoms with E-state index in [9.17, 15) is 28.8 Å². The van der Waals surface area contributed by atoms with Crippen LogP contribution in [-0.2, 0) is 66.2 Å². The van der Waals surface area contributed by atoms with Crippen LogP contribution in [-0.4, -0.2) is 67.4 Å². The van der Waals surface area contributed by atoms with Crippen molar-refractivity contribution in [1.29, 1.82) is 0 Å². The van der Waals surface area contributed by atoms with Crippen molar-refractivity contribution in [2.24, 2.45) is 0 Å². The van der Waals surface area contributed by atoms with Gasteiger partial charge in [-0.25, -0.2) is 0 Å². The zero-order valence-corrected chi connectivity index (χ0v) is 22.9. The Hall–Kier alpha value is -1.65. The van der Waals surface area contributed by atoms with Crippen LogP contribution in [0.1, 0.15) is 80.1 Å². The molecule has 0 rings (SSSR count). The molecule has 0 bridgehead atoms. The van der Waals surface area contributed by atoms with Gasteiger partial charge < -0.3 is 32.4 Å². The van der Waals surface area contributed by atoms with Crippen LogP contribution in [0, 0.1) is 6.92 Å². The van der Waals surface area contributed by atoms with Crippen LogP contribution in [0.15, 0.2) is 0 Å². The van der Waals surface area contributed by atoms with Gasteiger partial charge in [-0.1, -0.05) is 28.7 Å². The van der Waals surface area contributed by atoms with Gasteiger partial charge in [0.05, 0.1) is 13.5 Å². The third kappa shape index (κ3) is 20.3. The van der Waals surface area contributed by atoms with E-state index in [0.717, 1.165) is 0 Å². The molecule has 0 aromatic heterocycles. The van der Waals surface area contributed by atoms with E-state index >= 15 is 0 Å². The summed E-state index contributed by atoms with van der Waals surface area (Å²) in [6.07, 6.45) is 0.161. The molecule has 35 heavy (non-hydrogen) atoms. The van der Waals surface area contributed by atoms with Gasteiger partial charge in [0, 0.05) is 89.4 Å². The van der Waals surface area contributed by atoms with Crippen molar-refractivity contribution >= 4 is 35.1 Å². The Morgan fingerprint density at radius 2 is 1.11 bits per heavy atom. The third-order valence-corrected chi connectivity index (χ3v) is 4.85. The van der Waals surface area contributed by atoms with Gasteiger partial charge in [-0.05, 0) is 19.3 Å². The normalized spacial score (nSPS) is 12.2. The number of amides is 2. The van der Waals surface area contributed by atoms with Crippen LogP contribution in [0.25, 0.3) is 0 Å². The van der Waals surface area contributed by atoms with Crippen LogP contribution in [0.2, 0.25) is 0 Å². The summed E-state index contributed by atoms with van der Waals surface area (Å²) in [7, 11) is 2.86. The average molecular weight is 576 g/mol. The summed E-state index contributed by atoms with van der Waals surface area (Å²) in [6, 6.07) is -1.92. The maximum atomic E-state index is 12.5. The van der Waals surface area contributed by atoms with Crippen molar-refractivity contribution < 1.29 is 66.2 Å². The van der Waals surface area contributed by atoms with Gasteiger partial charge in [0.1, 0.15) is 11.6 Å². The van der Waals surface area contributed by atoms with Gasteiger partial charge in [-0.2, -0.15) is 0 Å². The van der Waals surface area contributed by atoms with Crippen molar-refractivity contribution in [3.8, 4) is 0 Å². The molecular weight excluding hydrogens is 531 g/mol. The summed E-state index contributed by atoms with van der Waals surface area (Å²) in [5.41, 5.74) is 0. The van der Waals surface area contributed by atoms with E-state index in [4.69, 9.17) is 0 Å². The Balaban J connectivity index is -0.00000160. The fraction of sp³-hybridized carbons (Fsp3) is 0.708. The molecule has 0 aliphatic carbocycles. The molecule has 0 spiro atoms. The second-order valence-electron chi connectivity index (χ2n) is 7.64. The molecule has 1 radical (unpaired) electrons. The van der Waals surface area contributed by atoms with E-state index in [2.05, 4.69) is 27.6 Å². The summed E-state index contributed by atoms with van der Waals surface area (Å²) in [4.78, 5) is 71.5. The first-order valence-corrected chi connectivity index (χ1v) is 10.7. The molecule has 11 heteroatoms. The first-order valence-electron chi connectivity index (χ1n) is 10.7. The summed E-state index contributed by atoms with van der Waals surface area (Å²) < 4.78 is 4.60. The van der Waals surface area contributed by atoms with Crippen molar-refractivity contribution in [1.82, 2.24) is 16.0 Å². The predicted molar refractivity (Wildman–Crippen MR) is 131 cm³/mol. The molecule has 0 fully saturated rings. The number of methoxy groups -OCH3 is 1. The number of nitrogens with one attached hydrogen (secondary N) is 3. The molecule has 10 nitrogen and oxygen atoms in total. The largest absolute Gasteiger partial charge is 0.469 e. The number of hydrogen-bond donors (Lipinski definition) is 3. The quantitative estimate of drug-likeness (QED) is 0.175. The van der Waals surface area contributed by atoms with Crippen LogP contribution in [0.5, 0.6) is 0 Å². The molecule has 201 valence electrons. The second kappa shape index (κ2) is 22.8. The molecule has 0 aromatic rings. The van der Waals surface area contributed by atoms with E-state index in [1.165, 1.54) is 7.11 Å². The van der Waals surface area contributed by atoms with Gasteiger partial charge >= 0.3 is 5.97 Å². The number of carbonyl (C=O) groups is 6. The standard InChI is InChI=1S/C22H36N3O7.2CH4.Y/c1-6-18(27)9-16(8-14(3)26)24-21(30)12-17(10-19(28)7-2)25-20(29)11-15(23-4)13-22(31)32-5;;;/h15-17,23H,3,6-13H2,1-2,4-5H3,(H,24,30)(H,25,29);2*1H4;/q-1;;;. The Morgan fingerprint density at radius 1 is 0.714 bits per heavy atom. The monoisotopic (exact) mass is 575 g/mol. The maximum Gasteiger partial charge on any atom is 0.307 e. The molecule has 2 amide bonds. The number of ketones is 3. The van der Waals surface area contributed by atoms with Crippen LogP contribution < -0.4 is 16.0 Å². The van der Waals surface area contributed by atoms with Gasteiger partial charge in [0.2, 0.25) is 11.8 Å². The van der Waals surface area contributed by atoms with E-state index in [0.29, 0.717) is 0 Å². The first kappa shape index (κ1) is 40.5. The zero-order chi connectivity index (χ0) is 24.7. The molecule has 3 atom stereocenters. The van der Waals surface area contributed by atoms with Crippen molar-refractivity contribution in [3.05, 3.63) is 6.92 Å². The zero-order valence-electron chi connectivity index (χ0n) is 20.0.